The molecule has 0 spiro atoms. The summed E-state index contributed by atoms with van der Waals surface area (Å²) in [6.07, 6.45) is 1.73. The van der Waals surface area contributed by atoms with Gasteiger partial charge in [0.05, 0.1) is 48.8 Å². The number of fused-ring (bicyclic) bond motifs is 1. The second-order valence-electron chi connectivity index (χ2n) is 8.62. The predicted molar refractivity (Wildman–Crippen MR) is 142 cm³/mol. The Morgan fingerprint density at radius 2 is 1.84 bits per heavy atom. The number of esters is 1. The van der Waals surface area contributed by atoms with Crippen LogP contribution in [-0.4, -0.2) is 37.5 Å². The van der Waals surface area contributed by atoms with Gasteiger partial charge in [0.1, 0.15) is 5.75 Å². The second kappa shape index (κ2) is 11.0. The first-order chi connectivity index (χ1) is 17.8. The molecule has 0 saturated heterocycles. The normalized spacial score (nSPS) is 15.3. The average molecular weight is 523 g/mol. The van der Waals surface area contributed by atoms with Gasteiger partial charge in [0.2, 0.25) is 0 Å². The van der Waals surface area contributed by atoms with Gasteiger partial charge in [0, 0.05) is 5.56 Å². The maximum absolute atomic E-state index is 13.8. The number of aromatic nitrogens is 1. The fraction of sp³-hybridized carbons (Fsp3) is 0.321. The minimum absolute atomic E-state index is 0.0513. The predicted octanol–water partition coefficient (Wildman–Crippen LogP) is 3.60. The summed E-state index contributed by atoms with van der Waals surface area (Å²) < 4.78 is 24.3. The van der Waals surface area contributed by atoms with E-state index in [4.69, 9.17) is 18.9 Å². The summed E-state index contributed by atoms with van der Waals surface area (Å²) in [5.74, 6) is 1.21. The van der Waals surface area contributed by atoms with Crippen molar-refractivity contribution in [3.63, 3.8) is 0 Å². The van der Waals surface area contributed by atoms with E-state index in [0.29, 0.717) is 43.4 Å². The van der Waals surface area contributed by atoms with E-state index in [1.165, 1.54) is 11.3 Å². The summed E-state index contributed by atoms with van der Waals surface area (Å²) in [5.41, 5.74) is 1.98. The van der Waals surface area contributed by atoms with Crippen molar-refractivity contribution in [3.8, 4) is 17.2 Å². The molecule has 2 heterocycles. The molecule has 4 rings (SSSR count). The SMILES string of the molecule is CCOC(=O)C1=C(C)N=c2s/c(=C\c3ccccc3OC)c(=O)n2[C@H]1c1ccc(OC(C)C)c(OC)c1. The molecule has 9 heteroatoms. The van der Waals surface area contributed by atoms with Crippen molar-refractivity contribution < 1.29 is 23.7 Å². The highest BCUT2D eigenvalue weighted by Gasteiger charge is 2.34. The van der Waals surface area contributed by atoms with Gasteiger partial charge < -0.3 is 18.9 Å². The topological polar surface area (TPSA) is 88.4 Å². The molecular formula is C28H30N2O6S. The van der Waals surface area contributed by atoms with E-state index in [-0.39, 0.29) is 18.3 Å². The van der Waals surface area contributed by atoms with E-state index in [9.17, 15) is 9.59 Å². The third-order valence-electron chi connectivity index (χ3n) is 5.81. The number of thiazole rings is 1. The second-order valence-corrected chi connectivity index (χ2v) is 9.63. The van der Waals surface area contributed by atoms with E-state index in [0.717, 1.165) is 5.56 Å². The number of carbonyl (C=O) groups is 1. The van der Waals surface area contributed by atoms with Gasteiger partial charge in [-0.1, -0.05) is 35.6 Å². The van der Waals surface area contributed by atoms with Crippen LogP contribution in [0.15, 0.2) is 63.5 Å². The highest BCUT2D eigenvalue weighted by atomic mass is 32.1. The molecule has 0 fully saturated rings. The zero-order valence-corrected chi connectivity index (χ0v) is 22.5. The summed E-state index contributed by atoms with van der Waals surface area (Å²) in [4.78, 5) is 32.1. The highest BCUT2D eigenvalue weighted by Crippen LogP contribution is 2.36. The van der Waals surface area contributed by atoms with Crippen molar-refractivity contribution in [2.24, 2.45) is 4.99 Å². The Morgan fingerprint density at radius 1 is 1.11 bits per heavy atom. The summed E-state index contributed by atoms with van der Waals surface area (Å²) in [6.45, 7) is 7.55. The van der Waals surface area contributed by atoms with Crippen LogP contribution in [0.25, 0.3) is 6.08 Å². The van der Waals surface area contributed by atoms with Crippen LogP contribution in [-0.2, 0) is 9.53 Å². The van der Waals surface area contributed by atoms with Crippen LogP contribution in [0.5, 0.6) is 17.2 Å². The lowest BCUT2D eigenvalue weighted by Crippen LogP contribution is -2.40. The molecule has 0 radical (unpaired) electrons. The van der Waals surface area contributed by atoms with E-state index >= 15 is 0 Å². The van der Waals surface area contributed by atoms with Crippen molar-refractivity contribution in [2.45, 2.75) is 39.8 Å². The molecule has 37 heavy (non-hydrogen) atoms. The van der Waals surface area contributed by atoms with Gasteiger partial charge in [-0.2, -0.15) is 0 Å². The van der Waals surface area contributed by atoms with Gasteiger partial charge in [-0.15, -0.1) is 0 Å². The zero-order valence-electron chi connectivity index (χ0n) is 21.7. The third-order valence-corrected chi connectivity index (χ3v) is 6.79. The molecular weight excluding hydrogens is 492 g/mol. The smallest absolute Gasteiger partial charge is 0.338 e. The number of rotatable bonds is 8. The lowest BCUT2D eigenvalue weighted by atomic mass is 9.95. The summed E-state index contributed by atoms with van der Waals surface area (Å²) >= 11 is 1.26. The Morgan fingerprint density at radius 3 is 2.51 bits per heavy atom. The van der Waals surface area contributed by atoms with Crippen LogP contribution in [0, 0.1) is 0 Å². The maximum Gasteiger partial charge on any atom is 0.338 e. The number of allylic oxidation sites excluding steroid dienone is 1. The number of nitrogens with zero attached hydrogens (tertiary/aromatic N) is 2. The molecule has 0 amide bonds. The summed E-state index contributed by atoms with van der Waals surface area (Å²) in [7, 11) is 3.14. The first kappa shape index (κ1) is 26.2. The number of methoxy groups -OCH3 is 2. The molecule has 1 aliphatic rings. The zero-order chi connectivity index (χ0) is 26.7. The molecule has 194 valence electrons. The Kier molecular flexibility index (Phi) is 7.83. The summed E-state index contributed by atoms with van der Waals surface area (Å²) in [5, 5.41) is 0. The first-order valence-corrected chi connectivity index (χ1v) is 12.8. The molecule has 1 aromatic heterocycles. The molecule has 0 aliphatic carbocycles. The molecule has 1 aliphatic heterocycles. The minimum Gasteiger partial charge on any atom is -0.496 e. The Balaban J connectivity index is 1.96. The van der Waals surface area contributed by atoms with E-state index in [1.807, 2.05) is 44.2 Å². The van der Waals surface area contributed by atoms with E-state index in [2.05, 4.69) is 4.99 Å². The number of ether oxygens (including phenoxy) is 4. The number of para-hydroxylation sites is 1. The molecule has 2 aromatic carbocycles. The van der Waals surface area contributed by atoms with E-state index in [1.54, 1.807) is 50.8 Å². The quantitative estimate of drug-likeness (QED) is 0.420. The fourth-order valence-electron chi connectivity index (χ4n) is 4.24. The van der Waals surface area contributed by atoms with Crippen LogP contribution < -0.4 is 29.1 Å². The number of carbonyl (C=O) groups excluding carboxylic acids is 1. The van der Waals surface area contributed by atoms with Gasteiger partial charge in [-0.05, 0) is 57.5 Å². The van der Waals surface area contributed by atoms with Crippen molar-refractivity contribution >= 4 is 23.4 Å². The van der Waals surface area contributed by atoms with Gasteiger partial charge in [-0.3, -0.25) is 9.36 Å². The van der Waals surface area contributed by atoms with E-state index < -0.39 is 12.0 Å². The molecule has 0 saturated carbocycles. The highest BCUT2D eigenvalue weighted by molar-refractivity contribution is 7.07. The number of hydrogen-bond donors (Lipinski definition) is 0. The largest absolute Gasteiger partial charge is 0.496 e. The van der Waals surface area contributed by atoms with Gasteiger partial charge >= 0.3 is 5.97 Å². The Bertz CT molecular complexity index is 1530. The summed E-state index contributed by atoms with van der Waals surface area (Å²) in [6, 6.07) is 12.1. The van der Waals surface area contributed by atoms with Crippen LogP contribution >= 0.6 is 11.3 Å². The third kappa shape index (κ3) is 5.17. The van der Waals surface area contributed by atoms with Crippen molar-refractivity contribution in [3.05, 3.63) is 84.5 Å². The Hall–Kier alpha value is -3.85. The minimum atomic E-state index is -0.753. The standard InChI is InChI=1S/C28H30N2O6S/c1-7-35-27(32)24-17(4)29-28-30(25(24)19-12-13-21(36-16(2)3)22(14-19)34-6)26(31)23(37-28)15-18-10-8-9-11-20(18)33-5/h8-16,25H,7H2,1-6H3/b23-15-/t25-/m0/s1. The van der Waals surface area contributed by atoms with Crippen LogP contribution in [0.1, 0.15) is 44.9 Å². The molecule has 0 unspecified atom stereocenters. The first-order valence-electron chi connectivity index (χ1n) is 12.0. The molecule has 3 aromatic rings. The number of hydrogen-bond acceptors (Lipinski definition) is 8. The fourth-order valence-corrected chi connectivity index (χ4v) is 5.28. The van der Waals surface area contributed by atoms with Crippen molar-refractivity contribution in [2.75, 3.05) is 20.8 Å². The van der Waals surface area contributed by atoms with Crippen molar-refractivity contribution in [1.82, 2.24) is 4.57 Å². The Labute approximate surface area is 219 Å². The lowest BCUT2D eigenvalue weighted by Gasteiger charge is -2.25. The van der Waals surface area contributed by atoms with Crippen LogP contribution in [0.4, 0.5) is 0 Å². The molecule has 0 N–H and O–H groups in total. The maximum atomic E-state index is 13.8. The molecule has 0 bridgehead atoms. The van der Waals surface area contributed by atoms with Crippen molar-refractivity contribution in [1.29, 1.82) is 0 Å². The van der Waals surface area contributed by atoms with Gasteiger partial charge in [-0.25, -0.2) is 9.79 Å². The molecule has 1 atom stereocenters. The monoisotopic (exact) mass is 522 g/mol. The lowest BCUT2D eigenvalue weighted by molar-refractivity contribution is -0.139. The van der Waals surface area contributed by atoms with Crippen LogP contribution in [0.2, 0.25) is 0 Å². The van der Waals surface area contributed by atoms with Gasteiger partial charge in [0.25, 0.3) is 5.56 Å². The van der Waals surface area contributed by atoms with Crippen LogP contribution in [0.3, 0.4) is 0 Å². The molecule has 8 nitrogen and oxygen atoms in total. The van der Waals surface area contributed by atoms with Gasteiger partial charge in [0.15, 0.2) is 16.3 Å². The number of benzene rings is 2. The average Bonchev–Trinajstić information content (AvgIpc) is 3.17.